The predicted molar refractivity (Wildman–Crippen MR) is 78.3 cm³/mol. The minimum absolute atomic E-state index is 0.845. The minimum Gasteiger partial charge on any atom is -0.496 e. The molecule has 1 N–H and O–H groups in total. The Morgan fingerprint density at radius 1 is 1.44 bits per heavy atom. The molecule has 0 radical (unpaired) electrons. The molecule has 2 rings (SSSR count). The van der Waals surface area contributed by atoms with E-state index in [0.717, 1.165) is 29.1 Å². The van der Waals surface area contributed by atoms with Gasteiger partial charge in [-0.05, 0) is 53.0 Å². The average molecular weight is 313 g/mol. The highest BCUT2D eigenvalue weighted by Gasteiger charge is 2.18. The predicted octanol–water partition coefficient (Wildman–Crippen LogP) is 2.15. The van der Waals surface area contributed by atoms with Gasteiger partial charge in [-0.15, -0.1) is 0 Å². The topological polar surface area (TPSA) is 24.5 Å². The molecule has 0 unspecified atom stereocenters. The Kier molecular flexibility index (Phi) is 5.03. The number of halogens is 1. The van der Waals surface area contributed by atoms with Crippen molar-refractivity contribution >= 4 is 15.9 Å². The molecule has 0 atom stereocenters. The molecule has 0 aromatic heterocycles. The Labute approximate surface area is 118 Å². The first-order valence-corrected chi connectivity index (χ1v) is 7.20. The van der Waals surface area contributed by atoms with Gasteiger partial charge in [0.15, 0.2) is 0 Å². The smallest absolute Gasteiger partial charge is 0.133 e. The third kappa shape index (κ3) is 3.70. The number of likely N-dealkylation sites (N-methyl/N-ethyl adjacent to an activating group) is 1. The lowest BCUT2D eigenvalue weighted by atomic mass is 10.0. The van der Waals surface area contributed by atoms with Crippen LogP contribution in [0.5, 0.6) is 5.75 Å². The number of methoxy groups -OCH3 is 1. The van der Waals surface area contributed by atoms with Crippen LogP contribution >= 0.6 is 15.9 Å². The van der Waals surface area contributed by atoms with Gasteiger partial charge in [0.1, 0.15) is 5.75 Å². The van der Waals surface area contributed by atoms with Gasteiger partial charge >= 0.3 is 0 Å². The molecule has 1 saturated heterocycles. The van der Waals surface area contributed by atoms with E-state index in [1.165, 1.54) is 25.2 Å². The average Bonchev–Trinajstić information content (AvgIpc) is 2.31. The van der Waals surface area contributed by atoms with E-state index in [9.17, 15) is 0 Å². The third-order valence-corrected chi connectivity index (χ3v) is 4.05. The Hall–Kier alpha value is -0.580. The summed E-state index contributed by atoms with van der Waals surface area (Å²) in [6, 6.07) is 6.31. The van der Waals surface area contributed by atoms with Gasteiger partial charge in [-0.2, -0.15) is 0 Å². The first kappa shape index (κ1) is 13.8. The van der Waals surface area contributed by atoms with Crippen LogP contribution in [0.15, 0.2) is 22.7 Å². The zero-order valence-electron chi connectivity index (χ0n) is 11.1. The molecule has 0 bridgehead atoms. The molecule has 18 heavy (non-hydrogen) atoms. The zero-order valence-corrected chi connectivity index (χ0v) is 12.7. The van der Waals surface area contributed by atoms with Crippen LogP contribution in [-0.4, -0.2) is 45.2 Å². The Balaban J connectivity index is 1.79. The van der Waals surface area contributed by atoms with Crippen molar-refractivity contribution in [2.24, 2.45) is 5.92 Å². The molecular formula is C14H21BrN2O. The Morgan fingerprint density at radius 3 is 2.78 bits per heavy atom. The SMILES string of the molecule is COc1ccc(CCN(C)CC2CNC2)cc1Br. The minimum atomic E-state index is 0.845. The molecule has 1 aliphatic heterocycles. The van der Waals surface area contributed by atoms with Gasteiger partial charge in [-0.25, -0.2) is 0 Å². The van der Waals surface area contributed by atoms with Gasteiger partial charge in [0.05, 0.1) is 11.6 Å². The van der Waals surface area contributed by atoms with Crippen molar-refractivity contribution in [2.75, 3.05) is 40.3 Å². The molecular weight excluding hydrogens is 292 g/mol. The maximum atomic E-state index is 5.24. The highest BCUT2D eigenvalue weighted by Crippen LogP contribution is 2.25. The van der Waals surface area contributed by atoms with Crippen LogP contribution in [0.1, 0.15) is 5.56 Å². The van der Waals surface area contributed by atoms with Crippen molar-refractivity contribution in [1.82, 2.24) is 10.2 Å². The van der Waals surface area contributed by atoms with E-state index >= 15 is 0 Å². The number of nitrogens with zero attached hydrogens (tertiary/aromatic N) is 1. The summed E-state index contributed by atoms with van der Waals surface area (Å²) in [5, 5.41) is 3.31. The van der Waals surface area contributed by atoms with E-state index in [1.807, 2.05) is 6.07 Å². The van der Waals surface area contributed by atoms with Gasteiger partial charge < -0.3 is 15.0 Å². The normalized spacial score (nSPS) is 15.8. The van der Waals surface area contributed by atoms with E-state index in [0.29, 0.717) is 0 Å². The van der Waals surface area contributed by atoms with Gasteiger partial charge in [-0.3, -0.25) is 0 Å². The van der Waals surface area contributed by atoms with Crippen molar-refractivity contribution in [3.05, 3.63) is 28.2 Å². The van der Waals surface area contributed by atoms with Crippen LogP contribution in [0.25, 0.3) is 0 Å². The number of hydrogen-bond donors (Lipinski definition) is 1. The van der Waals surface area contributed by atoms with Crippen LogP contribution < -0.4 is 10.1 Å². The zero-order chi connectivity index (χ0) is 13.0. The molecule has 0 saturated carbocycles. The molecule has 0 aliphatic carbocycles. The Morgan fingerprint density at radius 2 is 2.22 bits per heavy atom. The van der Waals surface area contributed by atoms with Gasteiger partial charge in [-0.1, -0.05) is 6.07 Å². The lowest BCUT2D eigenvalue weighted by molar-refractivity contribution is 0.226. The maximum Gasteiger partial charge on any atom is 0.133 e. The first-order valence-electron chi connectivity index (χ1n) is 6.40. The molecule has 4 heteroatoms. The van der Waals surface area contributed by atoms with Crippen LogP contribution in [-0.2, 0) is 6.42 Å². The molecule has 1 aromatic rings. The van der Waals surface area contributed by atoms with Crippen molar-refractivity contribution in [1.29, 1.82) is 0 Å². The summed E-state index contributed by atoms with van der Waals surface area (Å²) >= 11 is 3.53. The number of nitrogens with one attached hydrogen (secondary N) is 1. The summed E-state index contributed by atoms with van der Waals surface area (Å²) < 4.78 is 6.27. The lowest BCUT2D eigenvalue weighted by Crippen LogP contribution is -2.47. The maximum absolute atomic E-state index is 5.24. The molecule has 0 amide bonds. The summed E-state index contributed by atoms with van der Waals surface area (Å²) in [5.41, 5.74) is 1.35. The summed E-state index contributed by atoms with van der Waals surface area (Å²) in [5.74, 6) is 1.74. The lowest BCUT2D eigenvalue weighted by Gasteiger charge is -2.31. The molecule has 3 nitrogen and oxygen atoms in total. The number of ether oxygens (including phenoxy) is 1. The number of hydrogen-bond acceptors (Lipinski definition) is 3. The van der Waals surface area contributed by atoms with Crippen LogP contribution in [0.3, 0.4) is 0 Å². The molecule has 100 valence electrons. The second-order valence-electron chi connectivity index (χ2n) is 5.01. The van der Waals surface area contributed by atoms with Crippen molar-refractivity contribution in [3.8, 4) is 5.75 Å². The van der Waals surface area contributed by atoms with Gasteiger partial charge in [0.2, 0.25) is 0 Å². The van der Waals surface area contributed by atoms with E-state index in [-0.39, 0.29) is 0 Å². The van der Waals surface area contributed by atoms with Crippen LogP contribution in [0.2, 0.25) is 0 Å². The van der Waals surface area contributed by atoms with E-state index in [1.54, 1.807) is 7.11 Å². The largest absolute Gasteiger partial charge is 0.496 e. The van der Waals surface area contributed by atoms with Crippen molar-refractivity contribution < 1.29 is 4.74 Å². The van der Waals surface area contributed by atoms with E-state index in [4.69, 9.17) is 4.74 Å². The molecule has 1 aliphatic rings. The van der Waals surface area contributed by atoms with Gasteiger partial charge in [0.25, 0.3) is 0 Å². The number of rotatable bonds is 6. The monoisotopic (exact) mass is 312 g/mol. The molecule has 1 fully saturated rings. The van der Waals surface area contributed by atoms with Gasteiger partial charge in [0, 0.05) is 26.2 Å². The fourth-order valence-corrected chi connectivity index (χ4v) is 2.78. The highest BCUT2D eigenvalue weighted by molar-refractivity contribution is 9.10. The molecule has 0 spiro atoms. The quantitative estimate of drug-likeness (QED) is 0.871. The van der Waals surface area contributed by atoms with Crippen LogP contribution in [0.4, 0.5) is 0 Å². The Bertz CT molecular complexity index is 393. The second-order valence-corrected chi connectivity index (χ2v) is 5.86. The second kappa shape index (κ2) is 6.55. The summed E-state index contributed by atoms with van der Waals surface area (Å²) in [4.78, 5) is 2.42. The van der Waals surface area contributed by atoms with Crippen molar-refractivity contribution in [3.63, 3.8) is 0 Å². The number of benzene rings is 1. The van der Waals surface area contributed by atoms with Crippen molar-refractivity contribution in [2.45, 2.75) is 6.42 Å². The fourth-order valence-electron chi connectivity index (χ4n) is 2.19. The van der Waals surface area contributed by atoms with E-state index < -0.39 is 0 Å². The standard InChI is InChI=1S/C14H21BrN2O/c1-17(10-12-8-16-9-12)6-5-11-3-4-14(18-2)13(15)7-11/h3-4,7,12,16H,5-6,8-10H2,1-2H3. The third-order valence-electron chi connectivity index (χ3n) is 3.43. The van der Waals surface area contributed by atoms with Crippen LogP contribution in [0, 0.1) is 5.92 Å². The molecule has 1 heterocycles. The summed E-state index contributed by atoms with van der Waals surface area (Å²) in [6.45, 7) is 4.66. The highest BCUT2D eigenvalue weighted by atomic mass is 79.9. The first-order chi connectivity index (χ1) is 8.69. The summed E-state index contributed by atoms with van der Waals surface area (Å²) in [6.07, 6.45) is 1.08. The van der Waals surface area contributed by atoms with E-state index in [2.05, 4.69) is 45.3 Å². The summed E-state index contributed by atoms with van der Waals surface area (Å²) in [7, 11) is 3.90. The fraction of sp³-hybridized carbons (Fsp3) is 0.571. The molecule has 1 aromatic carbocycles.